The summed E-state index contributed by atoms with van der Waals surface area (Å²) in [6, 6.07) is 6.23. The van der Waals surface area contributed by atoms with Gasteiger partial charge < -0.3 is 14.9 Å². The number of aryl methyl sites for hydroxylation is 1. The first-order chi connectivity index (χ1) is 8.88. The van der Waals surface area contributed by atoms with Gasteiger partial charge in [-0.1, -0.05) is 17.7 Å². The highest BCUT2D eigenvalue weighted by Gasteiger charge is 2.34. The summed E-state index contributed by atoms with van der Waals surface area (Å²) in [5.74, 6) is 0. The van der Waals surface area contributed by atoms with Crippen LogP contribution < -0.4 is 0 Å². The van der Waals surface area contributed by atoms with Crippen molar-refractivity contribution in [1.82, 2.24) is 0 Å². The molecule has 1 heterocycles. The molecule has 1 aliphatic rings. The Labute approximate surface area is 111 Å². The molecule has 106 valence electrons. The van der Waals surface area contributed by atoms with Crippen LogP contribution in [0.3, 0.4) is 0 Å². The SMILES string of the molecule is Cc1ccc(S(=O)(=O)OC[C@H]2O[C@H](O)C[C@@H]2O)cc1. The van der Waals surface area contributed by atoms with Crippen molar-refractivity contribution in [3.63, 3.8) is 0 Å². The van der Waals surface area contributed by atoms with Gasteiger partial charge in [0.1, 0.15) is 6.10 Å². The summed E-state index contributed by atoms with van der Waals surface area (Å²) >= 11 is 0. The van der Waals surface area contributed by atoms with E-state index in [1.165, 1.54) is 12.1 Å². The molecule has 0 spiro atoms. The van der Waals surface area contributed by atoms with Crippen LogP contribution in [0.4, 0.5) is 0 Å². The summed E-state index contributed by atoms with van der Waals surface area (Å²) in [6.07, 6.45) is -2.79. The number of benzene rings is 1. The van der Waals surface area contributed by atoms with Gasteiger partial charge >= 0.3 is 0 Å². The van der Waals surface area contributed by atoms with Crippen molar-refractivity contribution in [3.05, 3.63) is 29.8 Å². The van der Waals surface area contributed by atoms with Gasteiger partial charge in [0.2, 0.25) is 0 Å². The molecule has 19 heavy (non-hydrogen) atoms. The number of hydrogen-bond acceptors (Lipinski definition) is 6. The van der Waals surface area contributed by atoms with Gasteiger partial charge in [-0.05, 0) is 19.1 Å². The maximum atomic E-state index is 11.9. The summed E-state index contributed by atoms with van der Waals surface area (Å²) < 4.78 is 33.5. The van der Waals surface area contributed by atoms with Gasteiger partial charge in [0.25, 0.3) is 10.1 Å². The van der Waals surface area contributed by atoms with Gasteiger partial charge in [-0.25, -0.2) is 0 Å². The second-order valence-corrected chi connectivity index (χ2v) is 6.10. The predicted molar refractivity (Wildman–Crippen MR) is 65.8 cm³/mol. The van der Waals surface area contributed by atoms with Crippen molar-refractivity contribution in [2.75, 3.05) is 6.61 Å². The zero-order valence-corrected chi connectivity index (χ0v) is 11.2. The van der Waals surface area contributed by atoms with Crippen LogP contribution in [-0.2, 0) is 19.0 Å². The molecule has 0 bridgehead atoms. The van der Waals surface area contributed by atoms with Gasteiger partial charge in [0.05, 0.1) is 17.6 Å². The second kappa shape index (κ2) is 5.56. The minimum absolute atomic E-state index is 0.0473. The molecule has 1 fully saturated rings. The molecule has 7 heteroatoms. The third-order valence-corrected chi connectivity index (χ3v) is 4.20. The zero-order valence-electron chi connectivity index (χ0n) is 10.4. The fourth-order valence-corrected chi connectivity index (χ4v) is 2.71. The van der Waals surface area contributed by atoms with Crippen molar-refractivity contribution in [2.45, 2.75) is 36.7 Å². The minimum Gasteiger partial charge on any atom is -0.390 e. The fourth-order valence-electron chi connectivity index (χ4n) is 1.79. The molecule has 2 N–H and O–H groups in total. The van der Waals surface area contributed by atoms with Gasteiger partial charge in [-0.15, -0.1) is 0 Å². The average molecular weight is 288 g/mol. The van der Waals surface area contributed by atoms with E-state index >= 15 is 0 Å². The summed E-state index contributed by atoms with van der Waals surface area (Å²) in [5.41, 5.74) is 0.941. The molecule has 2 rings (SSSR count). The Morgan fingerprint density at radius 1 is 1.32 bits per heavy atom. The van der Waals surface area contributed by atoms with Gasteiger partial charge in [0, 0.05) is 6.42 Å². The van der Waals surface area contributed by atoms with E-state index in [9.17, 15) is 13.5 Å². The Kier molecular flexibility index (Phi) is 4.22. The van der Waals surface area contributed by atoms with E-state index in [1.54, 1.807) is 12.1 Å². The third-order valence-electron chi connectivity index (χ3n) is 2.90. The Bertz CT molecular complexity index is 524. The average Bonchev–Trinajstić information content (AvgIpc) is 2.66. The van der Waals surface area contributed by atoms with Gasteiger partial charge in [-0.3, -0.25) is 4.18 Å². The predicted octanol–water partition coefficient (Wildman–Crippen LogP) is 0.169. The van der Waals surface area contributed by atoms with E-state index in [1.807, 2.05) is 6.92 Å². The van der Waals surface area contributed by atoms with Crippen LogP contribution in [0.1, 0.15) is 12.0 Å². The van der Waals surface area contributed by atoms with Crippen LogP contribution >= 0.6 is 0 Å². The molecule has 0 saturated carbocycles. The molecule has 0 unspecified atom stereocenters. The van der Waals surface area contributed by atoms with E-state index < -0.39 is 28.6 Å². The van der Waals surface area contributed by atoms with Crippen molar-refractivity contribution in [2.24, 2.45) is 0 Å². The monoisotopic (exact) mass is 288 g/mol. The Balaban J connectivity index is 2.00. The molecule has 1 aromatic carbocycles. The lowest BCUT2D eigenvalue weighted by Crippen LogP contribution is -2.28. The number of ether oxygens (including phenoxy) is 1. The van der Waals surface area contributed by atoms with E-state index in [2.05, 4.69) is 0 Å². The van der Waals surface area contributed by atoms with E-state index in [4.69, 9.17) is 14.0 Å². The highest BCUT2D eigenvalue weighted by atomic mass is 32.2. The molecule has 1 aromatic rings. The quantitative estimate of drug-likeness (QED) is 0.767. The van der Waals surface area contributed by atoms with Crippen LogP contribution in [0.2, 0.25) is 0 Å². The smallest absolute Gasteiger partial charge is 0.297 e. The second-order valence-electron chi connectivity index (χ2n) is 4.48. The lowest BCUT2D eigenvalue weighted by molar-refractivity contribution is -0.104. The fraction of sp³-hybridized carbons (Fsp3) is 0.500. The number of hydrogen-bond donors (Lipinski definition) is 2. The molecule has 1 saturated heterocycles. The molecule has 0 aromatic heterocycles. The highest BCUT2D eigenvalue weighted by Crippen LogP contribution is 2.21. The van der Waals surface area contributed by atoms with Crippen LogP contribution in [0.25, 0.3) is 0 Å². The standard InChI is InChI=1S/C12H16O6S/c1-8-2-4-9(5-3-8)19(15,16)17-7-11-10(13)6-12(14)18-11/h2-5,10-14H,6-7H2,1H3/t10-,11+,12-/m0/s1. The van der Waals surface area contributed by atoms with Gasteiger partial charge in [-0.2, -0.15) is 8.42 Å². The first-order valence-corrected chi connectivity index (χ1v) is 7.27. The number of aliphatic hydroxyl groups is 2. The van der Waals surface area contributed by atoms with Crippen molar-refractivity contribution >= 4 is 10.1 Å². The third kappa shape index (κ3) is 3.52. The molecular formula is C12H16O6S. The lowest BCUT2D eigenvalue weighted by Gasteiger charge is -2.13. The van der Waals surface area contributed by atoms with E-state index in [0.717, 1.165) is 5.56 Å². The Morgan fingerprint density at radius 2 is 1.95 bits per heavy atom. The summed E-state index contributed by atoms with van der Waals surface area (Å²) in [6.45, 7) is 1.52. The zero-order chi connectivity index (χ0) is 14.0. The first-order valence-electron chi connectivity index (χ1n) is 5.86. The van der Waals surface area contributed by atoms with Crippen LogP contribution in [-0.4, -0.2) is 43.7 Å². The van der Waals surface area contributed by atoms with Crippen LogP contribution in [0.15, 0.2) is 29.2 Å². The molecule has 3 atom stereocenters. The van der Waals surface area contributed by atoms with Crippen molar-refractivity contribution in [3.8, 4) is 0 Å². The Morgan fingerprint density at radius 3 is 2.47 bits per heavy atom. The molecule has 1 aliphatic heterocycles. The molecule has 0 amide bonds. The maximum Gasteiger partial charge on any atom is 0.297 e. The molecule has 0 aliphatic carbocycles. The van der Waals surface area contributed by atoms with Crippen molar-refractivity contribution in [1.29, 1.82) is 0 Å². The minimum atomic E-state index is -3.88. The lowest BCUT2D eigenvalue weighted by atomic mass is 10.2. The topological polar surface area (TPSA) is 93.1 Å². The summed E-state index contributed by atoms with van der Waals surface area (Å²) in [7, 11) is -3.88. The Hall–Kier alpha value is -0.990. The summed E-state index contributed by atoms with van der Waals surface area (Å²) in [4.78, 5) is 0.0473. The largest absolute Gasteiger partial charge is 0.390 e. The molecule has 6 nitrogen and oxygen atoms in total. The van der Waals surface area contributed by atoms with Gasteiger partial charge in [0.15, 0.2) is 6.29 Å². The molecular weight excluding hydrogens is 272 g/mol. The summed E-state index contributed by atoms with van der Waals surface area (Å²) in [5, 5.41) is 18.7. The van der Waals surface area contributed by atoms with Crippen LogP contribution in [0, 0.1) is 6.92 Å². The van der Waals surface area contributed by atoms with E-state index in [0.29, 0.717) is 0 Å². The maximum absolute atomic E-state index is 11.9. The normalized spacial score (nSPS) is 27.6. The first kappa shape index (κ1) is 14.4. The van der Waals surface area contributed by atoms with E-state index in [-0.39, 0.29) is 17.9 Å². The highest BCUT2D eigenvalue weighted by molar-refractivity contribution is 7.86. The number of rotatable bonds is 4. The van der Waals surface area contributed by atoms with Crippen LogP contribution in [0.5, 0.6) is 0 Å². The number of aliphatic hydroxyl groups excluding tert-OH is 2. The molecule has 0 radical (unpaired) electrons. The van der Waals surface area contributed by atoms with Crippen molar-refractivity contribution < 1.29 is 27.6 Å².